The molecule has 0 radical (unpaired) electrons. The van der Waals surface area contributed by atoms with Crippen LogP contribution in [0.25, 0.3) is 0 Å². The van der Waals surface area contributed by atoms with Crippen molar-refractivity contribution < 1.29 is 14.5 Å². The van der Waals surface area contributed by atoms with Crippen LogP contribution in [0.4, 0.5) is 5.69 Å². The summed E-state index contributed by atoms with van der Waals surface area (Å²) in [5.74, 6) is 0.0438. The fraction of sp³-hybridized carbons (Fsp3) is 0.462. The highest BCUT2D eigenvalue weighted by Crippen LogP contribution is 2.30. The molecule has 1 rings (SSSR count). The molecule has 5 heteroatoms. The minimum Gasteiger partial charge on any atom is -0.479 e. The van der Waals surface area contributed by atoms with Gasteiger partial charge >= 0.3 is 5.69 Å². The zero-order chi connectivity index (χ0) is 13.7. The van der Waals surface area contributed by atoms with Crippen LogP contribution in [0.1, 0.15) is 25.8 Å². The van der Waals surface area contributed by atoms with Gasteiger partial charge in [-0.2, -0.15) is 0 Å². The van der Waals surface area contributed by atoms with E-state index in [4.69, 9.17) is 4.74 Å². The van der Waals surface area contributed by atoms with Gasteiger partial charge in [0, 0.05) is 12.0 Å². The molecular formula is C13H17NO4. The smallest absolute Gasteiger partial charge is 0.311 e. The van der Waals surface area contributed by atoms with Crippen molar-refractivity contribution >= 4 is 11.5 Å². The van der Waals surface area contributed by atoms with Crippen LogP contribution in [0.2, 0.25) is 0 Å². The van der Waals surface area contributed by atoms with Crippen LogP contribution in [0.3, 0.4) is 0 Å². The van der Waals surface area contributed by atoms with Gasteiger partial charge in [-0.1, -0.05) is 26.0 Å². The number of carbonyl (C=O) groups is 1. The first kappa shape index (κ1) is 14.2. The number of nitro benzene ring substituents is 1. The second kappa shape index (κ2) is 6.14. The second-order valence-corrected chi connectivity index (χ2v) is 4.24. The third-order valence-corrected chi connectivity index (χ3v) is 2.91. The zero-order valence-corrected chi connectivity index (χ0v) is 10.8. The van der Waals surface area contributed by atoms with E-state index < -0.39 is 4.92 Å². The molecular weight excluding hydrogens is 234 g/mol. The Morgan fingerprint density at radius 2 is 2.17 bits per heavy atom. The van der Waals surface area contributed by atoms with E-state index in [1.54, 1.807) is 19.1 Å². The molecule has 0 aliphatic heterocycles. The maximum atomic E-state index is 11.6. The number of aryl methyl sites for hydroxylation is 1. The molecule has 0 heterocycles. The van der Waals surface area contributed by atoms with Crippen molar-refractivity contribution in [2.75, 3.05) is 6.61 Å². The summed E-state index contributed by atoms with van der Waals surface area (Å²) in [5.41, 5.74) is 0.549. The predicted molar refractivity (Wildman–Crippen MR) is 67.8 cm³/mol. The van der Waals surface area contributed by atoms with Crippen molar-refractivity contribution in [1.29, 1.82) is 0 Å². The Hall–Kier alpha value is -1.91. The van der Waals surface area contributed by atoms with E-state index in [0.29, 0.717) is 5.56 Å². The Labute approximate surface area is 106 Å². The summed E-state index contributed by atoms with van der Waals surface area (Å²) in [6.45, 7) is 5.33. The van der Waals surface area contributed by atoms with Crippen molar-refractivity contribution in [3.05, 3.63) is 33.9 Å². The van der Waals surface area contributed by atoms with Crippen LogP contribution >= 0.6 is 0 Å². The standard InChI is InChI=1S/C13H17NO4/c1-4-9(2)12(15)8-18-13-10(3)6-5-7-11(13)14(16)17/h5-7,9H,4,8H2,1-3H3. The largest absolute Gasteiger partial charge is 0.479 e. The summed E-state index contributed by atoms with van der Waals surface area (Å²) in [7, 11) is 0. The minimum absolute atomic E-state index is 0.0462. The molecule has 98 valence electrons. The molecule has 0 spiro atoms. The van der Waals surface area contributed by atoms with Gasteiger partial charge in [0.2, 0.25) is 0 Å². The van der Waals surface area contributed by atoms with Gasteiger partial charge in [-0.05, 0) is 18.9 Å². The van der Waals surface area contributed by atoms with E-state index in [1.165, 1.54) is 6.07 Å². The summed E-state index contributed by atoms with van der Waals surface area (Å²) >= 11 is 0. The molecule has 18 heavy (non-hydrogen) atoms. The number of ketones is 1. The van der Waals surface area contributed by atoms with E-state index in [1.807, 2.05) is 13.8 Å². The van der Waals surface area contributed by atoms with Gasteiger partial charge in [0.05, 0.1) is 4.92 Å². The Bertz CT molecular complexity index is 456. The Morgan fingerprint density at radius 3 is 2.72 bits per heavy atom. The molecule has 1 atom stereocenters. The molecule has 0 saturated carbocycles. The van der Waals surface area contributed by atoms with Crippen LogP contribution in [0.15, 0.2) is 18.2 Å². The maximum absolute atomic E-state index is 11.6. The van der Waals surface area contributed by atoms with Gasteiger partial charge in [0.25, 0.3) is 0 Å². The highest BCUT2D eigenvalue weighted by Gasteiger charge is 2.19. The number of nitrogens with zero attached hydrogens (tertiary/aromatic N) is 1. The number of para-hydroxylation sites is 1. The highest BCUT2D eigenvalue weighted by atomic mass is 16.6. The van der Waals surface area contributed by atoms with Crippen molar-refractivity contribution in [2.24, 2.45) is 5.92 Å². The van der Waals surface area contributed by atoms with Crippen LogP contribution in [-0.2, 0) is 4.79 Å². The lowest BCUT2D eigenvalue weighted by Crippen LogP contribution is -2.19. The predicted octanol–water partition coefficient (Wildman–Crippen LogP) is 2.90. The number of hydrogen-bond donors (Lipinski definition) is 0. The fourth-order valence-electron chi connectivity index (χ4n) is 1.48. The van der Waals surface area contributed by atoms with Gasteiger partial charge in [0.15, 0.2) is 11.5 Å². The molecule has 1 unspecified atom stereocenters. The molecule has 1 aromatic rings. The van der Waals surface area contributed by atoms with E-state index in [-0.39, 0.29) is 29.7 Å². The molecule has 0 N–H and O–H groups in total. The van der Waals surface area contributed by atoms with Gasteiger partial charge in [-0.15, -0.1) is 0 Å². The average Bonchev–Trinajstić information content (AvgIpc) is 2.35. The number of nitro groups is 1. The first-order valence-electron chi connectivity index (χ1n) is 5.86. The SMILES string of the molecule is CCC(C)C(=O)COc1c(C)cccc1[N+](=O)[O-]. The molecule has 0 amide bonds. The third-order valence-electron chi connectivity index (χ3n) is 2.91. The topological polar surface area (TPSA) is 69.4 Å². The van der Waals surface area contributed by atoms with Crippen molar-refractivity contribution in [3.8, 4) is 5.75 Å². The van der Waals surface area contributed by atoms with E-state index in [0.717, 1.165) is 6.42 Å². The average molecular weight is 251 g/mol. The van der Waals surface area contributed by atoms with E-state index >= 15 is 0 Å². The fourth-order valence-corrected chi connectivity index (χ4v) is 1.48. The molecule has 0 aliphatic carbocycles. The van der Waals surface area contributed by atoms with Gasteiger partial charge in [0.1, 0.15) is 6.61 Å². The molecule has 5 nitrogen and oxygen atoms in total. The van der Waals surface area contributed by atoms with Crippen molar-refractivity contribution in [3.63, 3.8) is 0 Å². The number of Topliss-reactive ketones (excluding diaryl/α,β-unsaturated/α-hetero) is 1. The maximum Gasteiger partial charge on any atom is 0.311 e. The Morgan fingerprint density at radius 1 is 1.50 bits per heavy atom. The number of ether oxygens (including phenoxy) is 1. The van der Waals surface area contributed by atoms with Crippen LogP contribution in [0, 0.1) is 23.0 Å². The van der Waals surface area contributed by atoms with Crippen LogP contribution < -0.4 is 4.74 Å². The Kier molecular flexibility index (Phi) is 4.83. The summed E-state index contributed by atoms with van der Waals surface area (Å²) < 4.78 is 5.32. The lowest BCUT2D eigenvalue weighted by Gasteiger charge is -2.11. The zero-order valence-electron chi connectivity index (χ0n) is 10.8. The van der Waals surface area contributed by atoms with Crippen LogP contribution in [-0.4, -0.2) is 17.3 Å². The van der Waals surface area contributed by atoms with Gasteiger partial charge < -0.3 is 4.74 Å². The second-order valence-electron chi connectivity index (χ2n) is 4.24. The summed E-state index contributed by atoms with van der Waals surface area (Å²) in [4.78, 5) is 22.0. The van der Waals surface area contributed by atoms with Crippen molar-refractivity contribution in [2.45, 2.75) is 27.2 Å². The molecule has 0 fully saturated rings. The lowest BCUT2D eigenvalue weighted by molar-refractivity contribution is -0.385. The summed E-state index contributed by atoms with van der Waals surface area (Å²) in [5, 5.41) is 10.8. The summed E-state index contributed by atoms with van der Waals surface area (Å²) in [6.07, 6.45) is 0.734. The number of carbonyl (C=O) groups excluding carboxylic acids is 1. The number of rotatable bonds is 6. The molecule has 1 aromatic carbocycles. The normalized spacial score (nSPS) is 11.9. The minimum atomic E-state index is -0.504. The number of benzene rings is 1. The van der Waals surface area contributed by atoms with Crippen molar-refractivity contribution in [1.82, 2.24) is 0 Å². The first-order valence-corrected chi connectivity index (χ1v) is 5.86. The molecule has 0 aliphatic rings. The quantitative estimate of drug-likeness (QED) is 0.575. The lowest BCUT2D eigenvalue weighted by atomic mass is 10.0. The van der Waals surface area contributed by atoms with E-state index in [2.05, 4.69) is 0 Å². The highest BCUT2D eigenvalue weighted by molar-refractivity contribution is 5.82. The van der Waals surface area contributed by atoms with E-state index in [9.17, 15) is 14.9 Å². The third kappa shape index (κ3) is 3.29. The molecule has 0 saturated heterocycles. The van der Waals surface area contributed by atoms with Gasteiger partial charge in [-0.3, -0.25) is 14.9 Å². The first-order chi connectivity index (χ1) is 8.47. The summed E-state index contributed by atoms with van der Waals surface area (Å²) in [6, 6.07) is 4.68. The molecule has 0 aromatic heterocycles. The van der Waals surface area contributed by atoms with Crippen LogP contribution in [0.5, 0.6) is 5.75 Å². The monoisotopic (exact) mass is 251 g/mol. The van der Waals surface area contributed by atoms with Gasteiger partial charge in [-0.25, -0.2) is 0 Å². The molecule has 0 bridgehead atoms. The Balaban J connectivity index is 2.84. The number of hydrogen-bond acceptors (Lipinski definition) is 4.